The van der Waals surface area contributed by atoms with E-state index in [0.717, 1.165) is 22.3 Å². The van der Waals surface area contributed by atoms with Crippen LogP contribution >= 0.6 is 15.9 Å². The summed E-state index contributed by atoms with van der Waals surface area (Å²) in [6.07, 6.45) is 0. The van der Waals surface area contributed by atoms with Gasteiger partial charge in [-0.1, -0.05) is 41.1 Å². The van der Waals surface area contributed by atoms with Crippen LogP contribution in [-0.4, -0.2) is 13.2 Å². The molecule has 21 heavy (non-hydrogen) atoms. The zero-order chi connectivity index (χ0) is 15.2. The Labute approximate surface area is 133 Å². The highest BCUT2D eigenvalue weighted by atomic mass is 79.9. The van der Waals surface area contributed by atoms with E-state index in [1.165, 1.54) is 6.07 Å². The van der Waals surface area contributed by atoms with E-state index >= 15 is 0 Å². The molecule has 2 rings (SSSR count). The van der Waals surface area contributed by atoms with Crippen molar-refractivity contribution in [3.63, 3.8) is 0 Å². The molecule has 0 radical (unpaired) electrons. The Morgan fingerprint density at radius 1 is 1.14 bits per heavy atom. The lowest BCUT2D eigenvalue weighted by molar-refractivity contribution is 0.340. The van der Waals surface area contributed by atoms with Gasteiger partial charge in [-0.25, -0.2) is 4.39 Å². The van der Waals surface area contributed by atoms with Crippen molar-refractivity contribution in [3.8, 4) is 5.75 Å². The molecule has 0 fully saturated rings. The van der Waals surface area contributed by atoms with Gasteiger partial charge in [0.1, 0.15) is 11.6 Å². The van der Waals surface area contributed by atoms with Gasteiger partial charge in [0, 0.05) is 10.0 Å². The van der Waals surface area contributed by atoms with E-state index in [0.29, 0.717) is 12.2 Å². The van der Waals surface area contributed by atoms with Gasteiger partial charge in [0.2, 0.25) is 0 Å². The number of hydrogen-bond donors (Lipinski definition) is 1. The van der Waals surface area contributed by atoms with Crippen molar-refractivity contribution in [2.45, 2.75) is 19.9 Å². The lowest BCUT2D eigenvalue weighted by Crippen LogP contribution is -2.23. The number of halogens is 2. The van der Waals surface area contributed by atoms with Gasteiger partial charge in [-0.3, -0.25) is 0 Å². The van der Waals surface area contributed by atoms with E-state index in [1.807, 2.05) is 44.2 Å². The molecule has 1 atom stereocenters. The van der Waals surface area contributed by atoms with Gasteiger partial charge in [0.15, 0.2) is 0 Å². The Bertz CT molecular complexity index is 566. The highest BCUT2D eigenvalue weighted by Gasteiger charge is 2.19. The van der Waals surface area contributed by atoms with E-state index < -0.39 is 0 Å². The normalized spacial score (nSPS) is 12.2. The number of rotatable bonds is 6. The van der Waals surface area contributed by atoms with E-state index in [-0.39, 0.29) is 11.9 Å². The summed E-state index contributed by atoms with van der Waals surface area (Å²) >= 11 is 3.45. The summed E-state index contributed by atoms with van der Waals surface area (Å²) in [4.78, 5) is 0. The summed E-state index contributed by atoms with van der Waals surface area (Å²) in [7, 11) is 0. The molecule has 0 amide bonds. The molecule has 2 aromatic rings. The average Bonchev–Trinajstić information content (AvgIpc) is 2.47. The Morgan fingerprint density at radius 2 is 1.86 bits per heavy atom. The summed E-state index contributed by atoms with van der Waals surface area (Å²) in [5.41, 5.74) is 1.63. The summed E-state index contributed by atoms with van der Waals surface area (Å²) in [6, 6.07) is 12.6. The number of hydrogen-bond acceptors (Lipinski definition) is 2. The minimum Gasteiger partial charge on any atom is -0.494 e. The number of nitrogens with one attached hydrogen (secondary N) is 1. The fourth-order valence-electron chi connectivity index (χ4n) is 2.30. The Morgan fingerprint density at radius 3 is 2.43 bits per heavy atom. The van der Waals surface area contributed by atoms with Gasteiger partial charge in [0.25, 0.3) is 0 Å². The maximum atomic E-state index is 14.2. The maximum Gasteiger partial charge on any atom is 0.129 e. The molecule has 0 aliphatic carbocycles. The molecule has 0 aliphatic heterocycles. The first kappa shape index (κ1) is 16.0. The lowest BCUT2D eigenvalue weighted by atomic mass is 9.98. The fourth-order valence-corrected chi connectivity index (χ4v) is 2.87. The zero-order valence-electron chi connectivity index (χ0n) is 12.2. The zero-order valence-corrected chi connectivity index (χ0v) is 13.8. The maximum absolute atomic E-state index is 14.2. The van der Waals surface area contributed by atoms with Crippen LogP contribution in [0.25, 0.3) is 0 Å². The smallest absolute Gasteiger partial charge is 0.129 e. The van der Waals surface area contributed by atoms with Crippen LogP contribution in [0.1, 0.15) is 31.0 Å². The third-order valence-corrected chi connectivity index (χ3v) is 3.91. The second kappa shape index (κ2) is 7.57. The van der Waals surface area contributed by atoms with Crippen LogP contribution in [0.2, 0.25) is 0 Å². The van der Waals surface area contributed by atoms with Crippen LogP contribution in [0.5, 0.6) is 5.75 Å². The van der Waals surface area contributed by atoms with Crippen molar-refractivity contribution in [3.05, 3.63) is 63.9 Å². The minimum absolute atomic E-state index is 0.193. The summed E-state index contributed by atoms with van der Waals surface area (Å²) in [5, 5.41) is 3.34. The molecule has 1 N–H and O–H groups in total. The number of ether oxygens (including phenoxy) is 1. The van der Waals surface area contributed by atoms with Crippen LogP contribution in [0.15, 0.2) is 46.9 Å². The van der Waals surface area contributed by atoms with Gasteiger partial charge in [-0.05, 0) is 43.3 Å². The first-order valence-corrected chi connectivity index (χ1v) is 7.86. The molecular formula is C17H19BrFNO. The SMILES string of the molecule is CCNC(c1ccc(OCC)cc1)c1c(F)cccc1Br. The molecule has 4 heteroatoms. The van der Waals surface area contributed by atoms with Crippen molar-refractivity contribution in [1.29, 1.82) is 0 Å². The van der Waals surface area contributed by atoms with Crippen LogP contribution in [0.4, 0.5) is 4.39 Å². The molecule has 112 valence electrons. The average molecular weight is 352 g/mol. The highest BCUT2D eigenvalue weighted by Crippen LogP contribution is 2.31. The first-order chi connectivity index (χ1) is 10.2. The molecule has 2 aromatic carbocycles. The van der Waals surface area contributed by atoms with E-state index in [4.69, 9.17) is 4.74 Å². The Hall–Kier alpha value is -1.39. The molecule has 1 unspecified atom stereocenters. The minimum atomic E-state index is -0.218. The van der Waals surface area contributed by atoms with Gasteiger partial charge in [0.05, 0.1) is 12.6 Å². The van der Waals surface area contributed by atoms with Crippen molar-refractivity contribution in [2.75, 3.05) is 13.2 Å². The standard InChI is InChI=1S/C17H19BrFNO/c1-3-20-17(16-14(18)6-5-7-15(16)19)12-8-10-13(11-9-12)21-4-2/h5-11,17,20H,3-4H2,1-2H3. The first-order valence-electron chi connectivity index (χ1n) is 7.07. The molecule has 0 aliphatic rings. The van der Waals surface area contributed by atoms with Gasteiger partial charge < -0.3 is 10.1 Å². The fraction of sp³-hybridized carbons (Fsp3) is 0.294. The molecular weight excluding hydrogens is 333 g/mol. The lowest BCUT2D eigenvalue weighted by Gasteiger charge is -2.21. The summed E-state index contributed by atoms with van der Waals surface area (Å²) in [6.45, 7) is 5.34. The molecule has 0 heterocycles. The van der Waals surface area contributed by atoms with Gasteiger partial charge in [-0.15, -0.1) is 0 Å². The molecule has 0 aromatic heterocycles. The largest absolute Gasteiger partial charge is 0.494 e. The molecule has 0 saturated carbocycles. The Balaban J connectivity index is 2.38. The van der Waals surface area contributed by atoms with Crippen molar-refractivity contribution < 1.29 is 9.13 Å². The predicted octanol–water partition coefficient (Wildman–Crippen LogP) is 4.69. The van der Waals surface area contributed by atoms with Gasteiger partial charge in [-0.2, -0.15) is 0 Å². The third-order valence-electron chi connectivity index (χ3n) is 3.22. The van der Waals surface area contributed by atoms with Crippen LogP contribution < -0.4 is 10.1 Å². The van der Waals surface area contributed by atoms with Crippen molar-refractivity contribution in [2.24, 2.45) is 0 Å². The molecule has 2 nitrogen and oxygen atoms in total. The van der Waals surface area contributed by atoms with Gasteiger partial charge >= 0.3 is 0 Å². The number of benzene rings is 2. The second-order valence-corrected chi connectivity index (χ2v) is 5.48. The monoisotopic (exact) mass is 351 g/mol. The topological polar surface area (TPSA) is 21.3 Å². The quantitative estimate of drug-likeness (QED) is 0.815. The van der Waals surface area contributed by atoms with Crippen LogP contribution in [0, 0.1) is 5.82 Å². The van der Waals surface area contributed by atoms with Crippen molar-refractivity contribution in [1.82, 2.24) is 5.32 Å². The second-order valence-electron chi connectivity index (χ2n) is 4.63. The third kappa shape index (κ3) is 3.83. The highest BCUT2D eigenvalue weighted by molar-refractivity contribution is 9.10. The molecule has 0 spiro atoms. The summed E-state index contributed by atoms with van der Waals surface area (Å²) in [5.74, 6) is 0.605. The Kier molecular flexibility index (Phi) is 5.76. The van der Waals surface area contributed by atoms with E-state index in [1.54, 1.807) is 6.07 Å². The van der Waals surface area contributed by atoms with Crippen molar-refractivity contribution >= 4 is 15.9 Å². The predicted molar refractivity (Wildman–Crippen MR) is 87.2 cm³/mol. The van der Waals surface area contributed by atoms with E-state index in [9.17, 15) is 4.39 Å². The molecule has 0 bridgehead atoms. The van der Waals surface area contributed by atoms with E-state index in [2.05, 4.69) is 21.2 Å². The van der Waals surface area contributed by atoms with Crippen LogP contribution in [-0.2, 0) is 0 Å². The van der Waals surface area contributed by atoms with Crippen LogP contribution in [0.3, 0.4) is 0 Å². The summed E-state index contributed by atoms with van der Waals surface area (Å²) < 4.78 is 20.4. The molecule has 0 saturated heterocycles.